The molecule has 0 spiro atoms. The smallest absolute Gasteiger partial charge is 0.287 e. The Morgan fingerprint density at radius 1 is 1.29 bits per heavy atom. The lowest BCUT2D eigenvalue weighted by atomic mass is 9.99. The molecule has 1 aromatic heterocycles. The Balaban J connectivity index is 2.02. The normalized spacial score (nSPS) is 12.8. The van der Waals surface area contributed by atoms with Gasteiger partial charge < -0.3 is 9.73 Å². The van der Waals surface area contributed by atoms with Crippen LogP contribution >= 0.6 is 15.9 Å². The molecule has 0 fully saturated rings. The first-order chi connectivity index (χ1) is 10.0. The highest BCUT2D eigenvalue weighted by Crippen LogP contribution is 2.22. The van der Waals surface area contributed by atoms with Crippen LogP contribution in [0, 0.1) is 12.8 Å². The SMILES string of the molecule is CCC(CC)C(Br)CNC(=O)c1cc2cc(C)ccc2o1. The van der Waals surface area contributed by atoms with Crippen molar-refractivity contribution < 1.29 is 9.21 Å². The number of amides is 1. The van der Waals surface area contributed by atoms with Crippen molar-refractivity contribution in [1.82, 2.24) is 5.32 Å². The molecule has 0 bridgehead atoms. The first kappa shape index (κ1) is 16.1. The van der Waals surface area contributed by atoms with Gasteiger partial charge in [0.15, 0.2) is 5.76 Å². The van der Waals surface area contributed by atoms with Crippen molar-refractivity contribution in [2.24, 2.45) is 5.92 Å². The summed E-state index contributed by atoms with van der Waals surface area (Å²) in [5.74, 6) is 0.794. The largest absolute Gasteiger partial charge is 0.451 e. The fourth-order valence-electron chi connectivity index (χ4n) is 2.52. The third-order valence-corrected chi connectivity index (χ3v) is 4.98. The van der Waals surface area contributed by atoms with Crippen LogP contribution in [-0.2, 0) is 0 Å². The maximum absolute atomic E-state index is 12.2. The summed E-state index contributed by atoms with van der Waals surface area (Å²) >= 11 is 3.66. The molecule has 3 nitrogen and oxygen atoms in total. The number of rotatable bonds is 6. The Labute approximate surface area is 134 Å². The number of benzene rings is 1. The molecule has 1 unspecified atom stereocenters. The Kier molecular flexibility index (Phi) is 5.45. The zero-order valence-electron chi connectivity index (χ0n) is 12.8. The summed E-state index contributed by atoms with van der Waals surface area (Å²) in [4.78, 5) is 12.5. The predicted molar refractivity (Wildman–Crippen MR) is 90.1 cm³/mol. The van der Waals surface area contributed by atoms with Crippen molar-refractivity contribution in [3.63, 3.8) is 0 Å². The highest BCUT2D eigenvalue weighted by molar-refractivity contribution is 9.09. The minimum Gasteiger partial charge on any atom is -0.451 e. The lowest BCUT2D eigenvalue weighted by Crippen LogP contribution is -2.32. The van der Waals surface area contributed by atoms with Crippen molar-refractivity contribution in [3.05, 3.63) is 35.6 Å². The third kappa shape index (κ3) is 3.88. The summed E-state index contributed by atoms with van der Waals surface area (Å²) in [7, 11) is 0. The standard InChI is InChI=1S/C17H22BrNO2/c1-4-12(5-2)14(18)10-19-17(20)16-9-13-8-11(3)6-7-15(13)21-16/h6-9,12,14H,4-5,10H2,1-3H3,(H,19,20). The second-order valence-electron chi connectivity index (χ2n) is 5.45. The number of alkyl halides is 1. The maximum atomic E-state index is 12.2. The van der Waals surface area contributed by atoms with Gasteiger partial charge in [0.1, 0.15) is 5.58 Å². The molecule has 1 atom stereocenters. The number of nitrogens with one attached hydrogen (secondary N) is 1. The minimum absolute atomic E-state index is 0.153. The number of halogens is 1. The molecule has 21 heavy (non-hydrogen) atoms. The molecule has 2 aromatic rings. The molecular formula is C17H22BrNO2. The second kappa shape index (κ2) is 7.12. The average molecular weight is 352 g/mol. The number of aryl methyl sites for hydroxylation is 1. The van der Waals surface area contributed by atoms with E-state index in [-0.39, 0.29) is 5.91 Å². The summed E-state index contributed by atoms with van der Waals surface area (Å²) in [6.45, 7) is 6.98. The van der Waals surface area contributed by atoms with Gasteiger partial charge in [-0.3, -0.25) is 4.79 Å². The summed E-state index contributed by atoms with van der Waals surface area (Å²) in [6.07, 6.45) is 2.21. The summed E-state index contributed by atoms with van der Waals surface area (Å²) in [5.41, 5.74) is 1.91. The van der Waals surface area contributed by atoms with Gasteiger partial charge in [0.25, 0.3) is 5.91 Å². The van der Waals surface area contributed by atoms with Gasteiger partial charge in [-0.2, -0.15) is 0 Å². The first-order valence-electron chi connectivity index (χ1n) is 7.47. The van der Waals surface area contributed by atoms with Gasteiger partial charge in [-0.25, -0.2) is 0 Å². The number of hydrogen-bond acceptors (Lipinski definition) is 2. The van der Waals surface area contributed by atoms with Crippen LogP contribution in [0.2, 0.25) is 0 Å². The topological polar surface area (TPSA) is 42.2 Å². The van der Waals surface area contributed by atoms with Crippen LogP contribution in [0.25, 0.3) is 11.0 Å². The Morgan fingerprint density at radius 2 is 2.00 bits per heavy atom. The van der Waals surface area contributed by atoms with Gasteiger partial charge in [0.2, 0.25) is 0 Å². The second-order valence-corrected chi connectivity index (χ2v) is 6.63. The quantitative estimate of drug-likeness (QED) is 0.768. The van der Waals surface area contributed by atoms with E-state index in [2.05, 4.69) is 35.1 Å². The van der Waals surface area contributed by atoms with Crippen LogP contribution in [0.4, 0.5) is 0 Å². The molecule has 2 rings (SSSR count). The maximum Gasteiger partial charge on any atom is 0.287 e. The summed E-state index contributed by atoms with van der Waals surface area (Å²) in [5, 5.41) is 3.91. The van der Waals surface area contributed by atoms with Gasteiger partial charge >= 0.3 is 0 Å². The van der Waals surface area contributed by atoms with E-state index < -0.39 is 0 Å². The van der Waals surface area contributed by atoms with Crippen LogP contribution in [0.1, 0.15) is 42.8 Å². The minimum atomic E-state index is -0.153. The summed E-state index contributed by atoms with van der Waals surface area (Å²) in [6, 6.07) is 7.71. The summed E-state index contributed by atoms with van der Waals surface area (Å²) < 4.78 is 5.60. The van der Waals surface area contributed by atoms with E-state index in [1.807, 2.05) is 25.1 Å². The first-order valence-corrected chi connectivity index (χ1v) is 8.39. The number of carbonyl (C=O) groups is 1. The van der Waals surface area contributed by atoms with E-state index >= 15 is 0 Å². The molecule has 114 valence electrons. The highest BCUT2D eigenvalue weighted by atomic mass is 79.9. The van der Waals surface area contributed by atoms with Crippen LogP contribution in [0.5, 0.6) is 0 Å². The molecule has 4 heteroatoms. The lowest BCUT2D eigenvalue weighted by Gasteiger charge is -2.19. The molecule has 0 aliphatic carbocycles. The number of carbonyl (C=O) groups excluding carboxylic acids is 1. The van der Waals surface area contributed by atoms with Crippen molar-refractivity contribution in [2.45, 2.75) is 38.4 Å². The number of hydrogen-bond donors (Lipinski definition) is 1. The number of fused-ring (bicyclic) bond motifs is 1. The lowest BCUT2D eigenvalue weighted by molar-refractivity contribution is 0.0926. The van der Waals surface area contributed by atoms with Crippen LogP contribution < -0.4 is 5.32 Å². The molecule has 0 radical (unpaired) electrons. The molecule has 0 saturated heterocycles. The van der Waals surface area contributed by atoms with Gasteiger partial charge in [0, 0.05) is 16.8 Å². The van der Waals surface area contributed by atoms with E-state index in [0.717, 1.165) is 29.4 Å². The molecular weight excluding hydrogens is 330 g/mol. The molecule has 0 aliphatic heterocycles. The molecule has 1 N–H and O–H groups in total. The fraction of sp³-hybridized carbons (Fsp3) is 0.471. The van der Waals surface area contributed by atoms with Crippen LogP contribution in [0.15, 0.2) is 28.7 Å². The Bertz CT molecular complexity index is 616. The van der Waals surface area contributed by atoms with Gasteiger partial charge in [-0.1, -0.05) is 54.2 Å². The predicted octanol–water partition coefficient (Wildman–Crippen LogP) is 4.67. The molecule has 0 aliphatic rings. The van der Waals surface area contributed by atoms with E-state index in [0.29, 0.717) is 23.1 Å². The molecule has 1 aromatic carbocycles. The molecule has 0 saturated carbocycles. The third-order valence-electron chi connectivity index (χ3n) is 3.91. The molecule has 1 heterocycles. The van der Waals surface area contributed by atoms with Gasteiger partial charge in [-0.15, -0.1) is 0 Å². The van der Waals surface area contributed by atoms with Crippen molar-refractivity contribution >= 4 is 32.8 Å². The Morgan fingerprint density at radius 3 is 2.67 bits per heavy atom. The van der Waals surface area contributed by atoms with E-state index in [9.17, 15) is 4.79 Å². The van der Waals surface area contributed by atoms with E-state index in [1.54, 1.807) is 6.07 Å². The van der Waals surface area contributed by atoms with Crippen LogP contribution in [-0.4, -0.2) is 17.3 Å². The Hall–Kier alpha value is -1.29. The zero-order valence-corrected chi connectivity index (χ0v) is 14.4. The van der Waals surface area contributed by atoms with Crippen LogP contribution in [0.3, 0.4) is 0 Å². The van der Waals surface area contributed by atoms with Crippen molar-refractivity contribution in [3.8, 4) is 0 Å². The average Bonchev–Trinajstić information content (AvgIpc) is 2.89. The van der Waals surface area contributed by atoms with Gasteiger partial charge in [-0.05, 0) is 31.0 Å². The fourth-order valence-corrected chi connectivity index (χ4v) is 3.43. The van der Waals surface area contributed by atoms with E-state index in [4.69, 9.17) is 4.42 Å². The monoisotopic (exact) mass is 351 g/mol. The number of furan rings is 1. The van der Waals surface area contributed by atoms with Crippen molar-refractivity contribution in [1.29, 1.82) is 0 Å². The van der Waals surface area contributed by atoms with Crippen molar-refractivity contribution in [2.75, 3.05) is 6.54 Å². The highest BCUT2D eigenvalue weighted by Gasteiger charge is 2.18. The molecule has 1 amide bonds. The van der Waals surface area contributed by atoms with E-state index in [1.165, 1.54) is 0 Å². The van der Waals surface area contributed by atoms with Gasteiger partial charge in [0.05, 0.1) is 0 Å². The zero-order chi connectivity index (χ0) is 15.4.